The van der Waals surface area contributed by atoms with Gasteiger partial charge >= 0.3 is 0 Å². The van der Waals surface area contributed by atoms with Crippen molar-refractivity contribution in [2.75, 3.05) is 20.8 Å². The Morgan fingerprint density at radius 2 is 1.71 bits per heavy atom. The minimum Gasteiger partial charge on any atom is -0.493 e. The molecule has 1 heterocycles. The average molecular weight is 323 g/mol. The Bertz CT molecular complexity index is 753. The average Bonchev–Trinajstić information content (AvgIpc) is 2.65. The van der Waals surface area contributed by atoms with Crippen LogP contribution < -0.4 is 9.47 Å². The summed E-state index contributed by atoms with van der Waals surface area (Å²) in [5.41, 5.74) is 3.35. The first-order valence-corrected chi connectivity index (χ1v) is 7.97. The molecule has 0 saturated carbocycles. The number of methoxy groups -OCH3 is 2. The summed E-state index contributed by atoms with van der Waals surface area (Å²) in [5, 5.41) is 0. The summed E-state index contributed by atoms with van der Waals surface area (Å²) in [5.74, 6) is 1.46. The highest BCUT2D eigenvalue weighted by atomic mass is 16.5. The molecule has 0 fully saturated rings. The number of carbonyl (C=O) groups is 1. The fourth-order valence-electron chi connectivity index (χ4n) is 2.91. The SMILES string of the molecule is COc1cc2c(cc1OC)CN(C(=O)C=Cc1ccccc1)CC2. The molecule has 2 aromatic carbocycles. The third-order valence-corrected chi connectivity index (χ3v) is 4.25. The molecule has 1 amide bonds. The summed E-state index contributed by atoms with van der Waals surface area (Å²) in [6, 6.07) is 13.8. The zero-order valence-electron chi connectivity index (χ0n) is 14.0. The van der Waals surface area contributed by atoms with Crippen LogP contribution >= 0.6 is 0 Å². The van der Waals surface area contributed by atoms with Crippen LogP contribution in [0.1, 0.15) is 16.7 Å². The molecule has 0 bridgehead atoms. The third kappa shape index (κ3) is 3.43. The molecule has 1 aliphatic heterocycles. The fourth-order valence-corrected chi connectivity index (χ4v) is 2.91. The number of hydrogen-bond donors (Lipinski definition) is 0. The zero-order chi connectivity index (χ0) is 16.9. The van der Waals surface area contributed by atoms with E-state index in [0.29, 0.717) is 18.8 Å². The van der Waals surface area contributed by atoms with E-state index in [9.17, 15) is 4.79 Å². The lowest BCUT2D eigenvalue weighted by atomic mass is 9.98. The van der Waals surface area contributed by atoms with E-state index in [1.807, 2.05) is 53.4 Å². The minimum absolute atomic E-state index is 0.0271. The molecule has 0 saturated heterocycles. The molecule has 24 heavy (non-hydrogen) atoms. The second-order valence-corrected chi connectivity index (χ2v) is 5.73. The summed E-state index contributed by atoms with van der Waals surface area (Å²) in [6.07, 6.45) is 4.31. The van der Waals surface area contributed by atoms with Crippen LogP contribution in [0.25, 0.3) is 6.08 Å². The predicted molar refractivity (Wildman–Crippen MR) is 94.1 cm³/mol. The van der Waals surface area contributed by atoms with Gasteiger partial charge in [-0.25, -0.2) is 0 Å². The van der Waals surface area contributed by atoms with E-state index in [1.54, 1.807) is 20.3 Å². The Morgan fingerprint density at radius 1 is 1.04 bits per heavy atom. The quantitative estimate of drug-likeness (QED) is 0.810. The van der Waals surface area contributed by atoms with Gasteiger partial charge in [-0.2, -0.15) is 0 Å². The first kappa shape index (κ1) is 16.1. The molecule has 1 aliphatic rings. The Kier molecular flexibility index (Phi) is 4.85. The second-order valence-electron chi connectivity index (χ2n) is 5.73. The van der Waals surface area contributed by atoms with Gasteiger partial charge in [0.15, 0.2) is 11.5 Å². The summed E-state index contributed by atoms with van der Waals surface area (Å²) >= 11 is 0. The van der Waals surface area contributed by atoms with Crippen molar-refractivity contribution in [1.82, 2.24) is 4.90 Å². The van der Waals surface area contributed by atoms with Crippen molar-refractivity contribution < 1.29 is 14.3 Å². The third-order valence-electron chi connectivity index (χ3n) is 4.25. The second kappa shape index (κ2) is 7.21. The lowest BCUT2D eigenvalue weighted by molar-refractivity contribution is -0.126. The molecule has 0 aromatic heterocycles. The van der Waals surface area contributed by atoms with Crippen molar-refractivity contribution in [3.8, 4) is 11.5 Å². The maximum Gasteiger partial charge on any atom is 0.246 e. The van der Waals surface area contributed by atoms with Crippen LogP contribution in [-0.4, -0.2) is 31.6 Å². The molecular weight excluding hydrogens is 302 g/mol. The number of rotatable bonds is 4. The lowest BCUT2D eigenvalue weighted by Crippen LogP contribution is -2.34. The largest absolute Gasteiger partial charge is 0.493 e. The maximum atomic E-state index is 12.4. The zero-order valence-corrected chi connectivity index (χ0v) is 14.0. The number of carbonyl (C=O) groups excluding carboxylic acids is 1. The highest BCUT2D eigenvalue weighted by molar-refractivity contribution is 5.91. The molecule has 0 atom stereocenters. The van der Waals surface area contributed by atoms with Gasteiger partial charge in [0.25, 0.3) is 0 Å². The van der Waals surface area contributed by atoms with E-state index in [-0.39, 0.29) is 5.91 Å². The Hall–Kier alpha value is -2.75. The summed E-state index contributed by atoms with van der Waals surface area (Å²) in [7, 11) is 3.26. The van der Waals surface area contributed by atoms with Gasteiger partial charge < -0.3 is 14.4 Å². The van der Waals surface area contributed by atoms with E-state index >= 15 is 0 Å². The molecule has 3 rings (SSSR count). The topological polar surface area (TPSA) is 38.8 Å². The van der Waals surface area contributed by atoms with Gasteiger partial charge in [-0.1, -0.05) is 30.3 Å². The van der Waals surface area contributed by atoms with Crippen molar-refractivity contribution in [3.63, 3.8) is 0 Å². The van der Waals surface area contributed by atoms with E-state index in [2.05, 4.69) is 0 Å². The summed E-state index contributed by atoms with van der Waals surface area (Å²) in [6.45, 7) is 1.30. The number of nitrogens with zero attached hydrogens (tertiary/aromatic N) is 1. The van der Waals surface area contributed by atoms with Gasteiger partial charge in [0.05, 0.1) is 14.2 Å². The van der Waals surface area contributed by atoms with Gasteiger partial charge in [0, 0.05) is 19.2 Å². The van der Waals surface area contributed by atoms with Gasteiger partial charge in [0.2, 0.25) is 5.91 Å². The highest BCUT2D eigenvalue weighted by Crippen LogP contribution is 2.33. The van der Waals surface area contributed by atoms with E-state index in [4.69, 9.17) is 9.47 Å². The van der Waals surface area contributed by atoms with Gasteiger partial charge in [0.1, 0.15) is 0 Å². The Labute approximate surface area is 142 Å². The number of benzene rings is 2. The predicted octanol–water partition coefficient (Wildman–Crippen LogP) is 3.30. The molecule has 4 heteroatoms. The minimum atomic E-state index is 0.0271. The molecule has 4 nitrogen and oxygen atoms in total. The van der Waals surface area contributed by atoms with Crippen molar-refractivity contribution in [3.05, 3.63) is 65.2 Å². The van der Waals surface area contributed by atoms with E-state index < -0.39 is 0 Å². The first-order chi connectivity index (χ1) is 11.7. The number of amides is 1. The Balaban J connectivity index is 1.74. The highest BCUT2D eigenvalue weighted by Gasteiger charge is 2.21. The van der Waals surface area contributed by atoms with Crippen molar-refractivity contribution in [2.24, 2.45) is 0 Å². The lowest BCUT2D eigenvalue weighted by Gasteiger charge is -2.28. The van der Waals surface area contributed by atoms with E-state index in [0.717, 1.165) is 23.3 Å². The first-order valence-electron chi connectivity index (χ1n) is 7.97. The fraction of sp³-hybridized carbons (Fsp3) is 0.250. The van der Waals surface area contributed by atoms with Gasteiger partial charge in [-0.15, -0.1) is 0 Å². The van der Waals surface area contributed by atoms with Crippen LogP contribution in [0, 0.1) is 0 Å². The Morgan fingerprint density at radius 3 is 2.38 bits per heavy atom. The molecule has 0 spiro atoms. The van der Waals surface area contributed by atoms with Crippen LogP contribution in [0.2, 0.25) is 0 Å². The smallest absolute Gasteiger partial charge is 0.246 e. The normalized spacial score (nSPS) is 13.7. The monoisotopic (exact) mass is 323 g/mol. The van der Waals surface area contributed by atoms with Gasteiger partial charge in [-0.3, -0.25) is 4.79 Å². The molecule has 124 valence electrons. The van der Waals surface area contributed by atoms with Gasteiger partial charge in [-0.05, 0) is 41.3 Å². The molecule has 0 radical (unpaired) electrons. The standard InChI is InChI=1S/C20H21NO3/c1-23-18-12-16-10-11-21(14-17(16)13-19(18)24-2)20(22)9-8-15-6-4-3-5-7-15/h3-9,12-13H,10-11,14H2,1-2H3. The van der Waals surface area contributed by atoms with Crippen LogP contribution in [0.5, 0.6) is 11.5 Å². The number of hydrogen-bond acceptors (Lipinski definition) is 3. The van der Waals surface area contributed by atoms with Crippen molar-refractivity contribution >= 4 is 12.0 Å². The van der Waals surface area contributed by atoms with Crippen LogP contribution in [0.4, 0.5) is 0 Å². The van der Waals surface area contributed by atoms with Crippen LogP contribution in [0.3, 0.4) is 0 Å². The number of ether oxygens (including phenoxy) is 2. The van der Waals surface area contributed by atoms with Crippen LogP contribution in [0.15, 0.2) is 48.5 Å². The number of fused-ring (bicyclic) bond motifs is 1. The van der Waals surface area contributed by atoms with E-state index in [1.165, 1.54) is 5.56 Å². The summed E-state index contributed by atoms with van der Waals surface area (Å²) in [4.78, 5) is 14.3. The maximum absolute atomic E-state index is 12.4. The van der Waals surface area contributed by atoms with Crippen LogP contribution in [-0.2, 0) is 17.8 Å². The summed E-state index contributed by atoms with van der Waals surface area (Å²) < 4.78 is 10.7. The van der Waals surface area contributed by atoms with Crippen molar-refractivity contribution in [1.29, 1.82) is 0 Å². The molecule has 0 unspecified atom stereocenters. The molecular formula is C20H21NO3. The van der Waals surface area contributed by atoms with Crippen molar-refractivity contribution in [2.45, 2.75) is 13.0 Å². The molecule has 2 aromatic rings. The molecule has 0 aliphatic carbocycles. The molecule has 0 N–H and O–H groups in total.